The van der Waals surface area contributed by atoms with Crippen LogP contribution in [0, 0.1) is 6.92 Å². The molecule has 6 heteroatoms. The second-order valence-corrected chi connectivity index (χ2v) is 6.61. The van der Waals surface area contributed by atoms with E-state index in [4.69, 9.17) is 4.74 Å². The molecule has 3 rings (SSSR count). The van der Waals surface area contributed by atoms with Crippen molar-refractivity contribution in [1.82, 2.24) is 20.0 Å². The van der Waals surface area contributed by atoms with Crippen LogP contribution in [0.1, 0.15) is 35.5 Å². The van der Waals surface area contributed by atoms with Gasteiger partial charge >= 0.3 is 0 Å². The molecule has 0 bridgehead atoms. The number of amides is 1. The SMILES string of the molecule is CCN[C@H](C)CNC(=O)c1ccccc1OCc1cn2cccc(C)c2n1. The van der Waals surface area contributed by atoms with Crippen molar-refractivity contribution >= 4 is 11.6 Å². The molecule has 27 heavy (non-hydrogen) atoms. The fraction of sp³-hybridized carbons (Fsp3) is 0.333. The Bertz CT molecular complexity index is 919. The average Bonchev–Trinajstić information content (AvgIpc) is 3.09. The van der Waals surface area contributed by atoms with E-state index in [0.717, 1.165) is 23.4 Å². The fourth-order valence-electron chi connectivity index (χ4n) is 2.97. The van der Waals surface area contributed by atoms with Gasteiger partial charge in [0, 0.05) is 25.0 Å². The number of rotatable bonds is 8. The van der Waals surface area contributed by atoms with Crippen LogP contribution in [0.3, 0.4) is 0 Å². The zero-order chi connectivity index (χ0) is 19.2. The molecule has 0 radical (unpaired) electrons. The molecule has 3 aromatic rings. The first-order valence-electron chi connectivity index (χ1n) is 9.25. The van der Waals surface area contributed by atoms with Crippen molar-refractivity contribution in [3.05, 3.63) is 65.6 Å². The van der Waals surface area contributed by atoms with Gasteiger partial charge in [0.25, 0.3) is 5.91 Å². The zero-order valence-electron chi connectivity index (χ0n) is 16.0. The third-order valence-corrected chi connectivity index (χ3v) is 4.36. The van der Waals surface area contributed by atoms with E-state index in [9.17, 15) is 4.79 Å². The molecule has 1 atom stereocenters. The van der Waals surface area contributed by atoms with Crippen LogP contribution in [0.5, 0.6) is 5.75 Å². The predicted molar refractivity (Wildman–Crippen MR) is 106 cm³/mol. The van der Waals surface area contributed by atoms with Gasteiger partial charge in [-0.2, -0.15) is 0 Å². The smallest absolute Gasteiger partial charge is 0.255 e. The summed E-state index contributed by atoms with van der Waals surface area (Å²) in [5.74, 6) is 0.418. The lowest BCUT2D eigenvalue weighted by Gasteiger charge is -2.15. The number of carbonyl (C=O) groups is 1. The van der Waals surface area contributed by atoms with Gasteiger partial charge in [0.2, 0.25) is 0 Å². The van der Waals surface area contributed by atoms with Crippen LogP contribution in [-0.2, 0) is 6.61 Å². The highest BCUT2D eigenvalue weighted by atomic mass is 16.5. The molecular formula is C21H26N4O2. The van der Waals surface area contributed by atoms with Gasteiger partial charge in [0.1, 0.15) is 18.0 Å². The minimum absolute atomic E-state index is 0.138. The van der Waals surface area contributed by atoms with Crippen molar-refractivity contribution < 1.29 is 9.53 Å². The summed E-state index contributed by atoms with van der Waals surface area (Å²) in [5.41, 5.74) is 3.37. The van der Waals surface area contributed by atoms with Gasteiger partial charge in [-0.1, -0.05) is 25.1 Å². The maximum absolute atomic E-state index is 12.5. The molecule has 2 heterocycles. The van der Waals surface area contributed by atoms with Gasteiger partial charge in [0.05, 0.1) is 11.3 Å². The maximum atomic E-state index is 12.5. The third kappa shape index (κ3) is 4.65. The molecule has 6 nitrogen and oxygen atoms in total. The van der Waals surface area contributed by atoms with Gasteiger partial charge in [-0.3, -0.25) is 4.79 Å². The number of aromatic nitrogens is 2. The minimum Gasteiger partial charge on any atom is -0.486 e. The van der Waals surface area contributed by atoms with E-state index in [1.54, 1.807) is 6.07 Å². The zero-order valence-corrected chi connectivity index (χ0v) is 16.0. The van der Waals surface area contributed by atoms with Crippen molar-refractivity contribution in [3.63, 3.8) is 0 Å². The van der Waals surface area contributed by atoms with E-state index in [2.05, 4.69) is 15.6 Å². The van der Waals surface area contributed by atoms with Crippen LogP contribution in [0.4, 0.5) is 0 Å². The van der Waals surface area contributed by atoms with Gasteiger partial charge in [-0.15, -0.1) is 0 Å². The topological polar surface area (TPSA) is 67.7 Å². The summed E-state index contributed by atoms with van der Waals surface area (Å²) in [7, 11) is 0. The summed E-state index contributed by atoms with van der Waals surface area (Å²) in [4.78, 5) is 17.1. The van der Waals surface area contributed by atoms with Gasteiger partial charge < -0.3 is 19.8 Å². The molecule has 2 N–H and O–H groups in total. The molecule has 1 aromatic carbocycles. The first-order valence-corrected chi connectivity index (χ1v) is 9.25. The Morgan fingerprint density at radius 2 is 2.07 bits per heavy atom. The average molecular weight is 366 g/mol. The molecule has 2 aromatic heterocycles. The molecule has 1 amide bonds. The number of fused-ring (bicyclic) bond motifs is 1. The predicted octanol–water partition coefficient (Wildman–Crippen LogP) is 2.95. The molecule has 142 valence electrons. The Morgan fingerprint density at radius 3 is 2.85 bits per heavy atom. The molecule has 0 saturated heterocycles. The third-order valence-electron chi connectivity index (χ3n) is 4.36. The number of hydrogen-bond acceptors (Lipinski definition) is 4. The molecule has 0 spiro atoms. The lowest BCUT2D eigenvalue weighted by molar-refractivity contribution is 0.0945. The standard InChI is InChI=1S/C21H26N4O2/c1-4-22-16(3)12-23-21(26)18-9-5-6-10-19(18)27-14-17-13-25-11-7-8-15(2)20(25)24-17/h5-11,13,16,22H,4,12,14H2,1-3H3,(H,23,26)/t16-/m1/s1. The van der Waals surface area contributed by atoms with Gasteiger partial charge in [-0.25, -0.2) is 4.98 Å². The first kappa shape index (κ1) is 18.9. The van der Waals surface area contributed by atoms with Crippen LogP contribution >= 0.6 is 0 Å². The van der Waals surface area contributed by atoms with Crippen LogP contribution in [0.15, 0.2) is 48.8 Å². The van der Waals surface area contributed by atoms with E-state index in [0.29, 0.717) is 24.5 Å². The van der Waals surface area contributed by atoms with Crippen molar-refractivity contribution in [1.29, 1.82) is 0 Å². The van der Waals surface area contributed by atoms with Crippen molar-refractivity contribution in [2.45, 2.75) is 33.4 Å². The molecule has 0 saturated carbocycles. The molecule has 0 unspecified atom stereocenters. The number of aryl methyl sites for hydroxylation is 1. The monoisotopic (exact) mass is 366 g/mol. The number of nitrogens with one attached hydrogen (secondary N) is 2. The number of benzene rings is 1. The Hall–Kier alpha value is -2.86. The Balaban J connectivity index is 1.68. The van der Waals surface area contributed by atoms with Crippen LogP contribution in [-0.4, -0.2) is 34.4 Å². The Labute approximate surface area is 159 Å². The Morgan fingerprint density at radius 1 is 1.26 bits per heavy atom. The number of carbonyl (C=O) groups excluding carboxylic acids is 1. The lowest BCUT2D eigenvalue weighted by Crippen LogP contribution is -2.38. The van der Waals surface area contributed by atoms with Gasteiger partial charge in [0.15, 0.2) is 0 Å². The van der Waals surface area contributed by atoms with Gasteiger partial charge in [-0.05, 0) is 44.2 Å². The highest BCUT2D eigenvalue weighted by Gasteiger charge is 2.13. The minimum atomic E-state index is -0.138. The number of ether oxygens (including phenoxy) is 1. The summed E-state index contributed by atoms with van der Waals surface area (Å²) in [6, 6.07) is 11.5. The number of nitrogens with zero attached hydrogens (tertiary/aromatic N) is 2. The summed E-state index contributed by atoms with van der Waals surface area (Å²) in [5, 5.41) is 6.22. The molecule has 0 aliphatic carbocycles. The Kier molecular flexibility index (Phi) is 6.08. The maximum Gasteiger partial charge on any atom is 0.255 e. The summed E-state index contributed by atoms with van der Waals surface area (Å²) in [6.45, 7) is 7.85. The molecule has 0 aliphatic rings. The number of likely N-dealkylation sites (N-methyl/N-ethyl adjacent to an activating group) is 1. The molecular weight excluding hydrogens is 340 g/mol. The number of pyridine rings is 1. The van der Waals surface area contributed by atoms with Crippen LogP contribution in [0.2, 0.25) is 0 Å². The second kappa shape index (κ2) is 8.68. The summed E-state index contributed by atoms with van der Waals surface area (Å²) >= 11 is 0. The van der Waals surface area contributed by atoms with E-state index < -0.39 is 0 Å². The molecule has 0 aliphatic heterocycles. The van der Waals surface area contributed by atoms with Crippen molar-refractivity contribution in [2.75, 3.05) is 13.1 Å². The summed E-state index contributed by atoms with van der Waals surface area (Å²) in [6.07, 6.45) is 3.91. The van der Waals surface area contributed by atoms with Crippen molar-refractivity contribution in [3.8, 4) is 5.75 Å². The summed E-state index contributed by atoms with van der Waals surface area (Å²) < 4.78 is 7.90. The van der Waals surface area contributed by atoms with Crippen LogP contribution < -0.4 is 15.4 Å². The van der Waals surface area contributed by atoms with E-state index in [-0.39, 0.29) is 11.9 Å². The first-order chi connectivity index (χ1) is 13.1. The van der Waals surface area contributed by atoms with E-state index in [1.807, 2.05) is 67.9 Å². The normalized spacial score (nSPS) is 12.1. The van der Waals surface area contributed by atoms with E-state index in [1.165, 1.54) is 0 Å². The van der Waals surface area contributed by atoms with Crippen molar-refractivity contribution in [2.24, 2.45) is 0 Å². The number of hydrogen-bond donors (Lipinski definition) is 2. The molecule has 0 fully saturated rings. The fourth-order valence-corrected chi connectivity index (χ4v) is 2.97. The highest BCUT2D eigenvalue weighted by Crippen LogP contribution is 2.20. The van der Waals surface area contributed by atoms with E-state index >= 15 is 0 Å². The lowest BCUT2D eigenvalue weighted by atomic mass is 10.2. The quantitative estimate of drug-likeness (QED) is 0.643. The number of imidazole rings is 1. The number of para-hydroxylation sites is 1. The second-order valence-electron chi connectivity index (χ2n) is 6.61. The highest BCUT2D eigenvalue weighted by molar-refractivity contribution is 5.96. The van der Waals surface area contributed by atoms with Crippen LogP contribution in [0.25, 0.3) is 5.65 Å². The largest absolute Gasteiger partial charge is 0.486 e.